The highest BCUT2D eigenvalue weighted by molar-refractivity contribution is 5.98. The Kier molecular flexibility index (Phi) is 4.84. The molecule has 1 amide bonds. The summed E-state index contributed by atoms with van der Waals surface area (Å²) >= 11 is 0. The van der Waals surface area contributed by atoms with Crippen LogP contribution in [0.4, 0.5) is 5.69 Å². The topological polar surface area (TPSA) is 73.6 Å². The lowest BCUT2D eigenvalue weighted by molar-refractivity contribution is 0.0912. The van der Waals surface area contributed by atoms with Crippen molar-refractivity contribution in [1.82, 2.24) is 5.32 Å². The highest BCUT2D eigenvalue weighted by Gasteiger charge is 2.27. The predicted octanol–water partition coefficient (Wildman–Crippen LogP) is 1.96. The van der Waals surface area contributed by atoms with Crippen LogP contribution in [0.5, 0.6) is 5.75 Å². The number of carbonyl (C=O) groups is 1. The molecule has 3 N–H and O–H groups in total. The maximum absolute atomic E-state index is 12.4. The van der Waals surface area contributed by atoms with Crippen LogP contribution in [0.15, 0.2) is 18.2 Å². The summed E-state index contributed by atoms with van der Waals surface area (Å²) in [5.41, 5.74) is 6.85. The number of rotatable bonds is 5. The highest BCUT2D eigenvalue weighted by atomic mass is 16.5. The zero-order chi connectivity index (χ0) is 14.5. The number of methoxy groups -OCH3 is 1. The molecule has 1 fully saturated rings. The molecule has 1 aromatic rings. The number of nitrogens with one attached hydrogen (secondary N) is 1. The summed E-state index contributed by atoms with van der Waals surface area (Å²) in [6, 6.07) is 5.39. The molecule has 0 aromatic heterocycles. The molecule has 0 heterocycles. The lowest BCUT2D eigenvalue weighted by atomic mass is 10.1. The zero-order valence-corrected chi connectivity index (χ0v) is 12.0. The molecule has 0 aliphatic heterocycles. The van der Waals surface area contributed by atoms with Crippen LogP contribution < -0.4 is 15.8 Å². The number of nitrogen functional groups attached to an aromatic ring is 1. The van der Waals surface area contributed by atoms with Gasteiger partial charge in [-0.25, -0.2) is 0 Å². The third kappa shape index (κ3) is 3.22. The SMILES string of the molecule is CCOc1c(N)cccc1C(=O)NC1CCC(OC)C1. The number of carbonyl (C=O) groups excluding carboxylic acids is 1. The van der Waals surface area contributed by atoms with E-state index in [9.17, 15) is 4.79 Å². The van der Waals surface area contributed by atoms with Gasteiger partial charge in [0.2, 0.25) is 0 Å². The standard InChI is InChI=1S/C15H22N2O3/c1-3-20-14-12(5-4-6-13(14)16)15(18)17-10-7-8-11(9-10)19-2/h4-6,10-11H,3,7-9,16H2,1-2H3,(H,17,18). The van der Waals surface area contributed by atoms with Crippen molar-refractivity contribution in [2.75, 3.05) is 19.5 Å². The molecule has 110 valence electrons. The smallest absolute Gasteiger partial charge is 0.255 e. The van der Waals surface area contributed by atoms with E-state index >= 15 is 0 Å². The van der Waals surface area contributed by atoms with Crippen LogP contribution in [-0.2, 0) is 4.74 Å². The van der Waals surface area contributed by atoms with E-state index in [1.165, 1.54) is 0 Å². The quantitative estimate of drug-likeness (QED) is 0.808. The largest absolute Gasteiger partial charge is 0.491 e. The lowest BCUT2D eigenvalue weighted by Crippen LogP contribution is -2.33. The summed E-state index contributed by atoms with van der Waals surface area (Å²) in [4.78, 5) is 12.4. The fourth-order valence-corrected chi connectivity index (χ4v) is 2.59. The summed E-state index contributed by atoms with van der Waals surface area (Å²) in [5.74, 6) is 0.330. The minimum atomic E-state index is -0.137. The van der Waals surface area contributed by atoms with Crippen molar-refractivity contribution in [2.45, 2.75) is 38.3 Å². The summed E-state index contributed by atoms with van der Waals surface area (Å²) in [7, 11) is 1.71. The second kappa shape index (κ2) is 6.61. The number of benzene rings is 1. The molecule has 5 heteroatoms. The second-order valence-corrected chi connectivity index (χ2v) is 5.00. The molecular weight excluding hydrogens is 256 g/mol. The molecule has 2 unspecified atom stereocenters. The third-order valence-electron chi connectivity index (χ3n) is 3.63. The first-order chi connectivity index (χ1) is 9.65. The van der Waals surface area contributed by atoms with Crippen LogP contribution in [0.1, 0.15) is 36.5 Å². The fourth-order valence-electron chi connectivity index (χ4n) is 2.59. The Morgan fingerprint density at radius 1 is 1.45 bits per heavy atom. The maximum Gasteiger partial charge on any atom is 0.255 e. The van der Waals surface area contributed by atoms with Crippen molar-refractivity contribution < 1.29 is 14.3 Å². The summed E-state index contributed by atoms with van der Waals surface area (Å²) in [5, 5.41) is 3.03. The van der Waals surface area contributed by atoms with E-state index in [0.29, 0.717) is 23.6 Å². The van der Waals surface area contributed by atoms with Gasteiger partial charge >= 0.3 is 0 Å². The van der Waals surface area contributed by atoms with E-state index in [-0.39, 0.29) is 18.1 Å². The van der Waals surface area contributed by atoms with E-state index in [4.69, 9.17) is 15.2 Å². The van der Waals surface area contributed by atoms with E-state index in [0.717, 1.165) is 19.3 Å². The minimum Gasteiger partial charge on any atom is -0.491 e. The van der Waals surface area contributed by atoms with Gasteiger partial charge in [-0.05, 0) is 38.3 Å². The van der Waals surface area contributed by atoms with E-state index in [1.807, 2.05) is 6.92 Å². The van der Waals surface area contributed by atoms with Crippen LogP contribution in [0, 0.1) is 0 Å². The van der Waals surface area contributed by atoms with Crippen LogP contribution in [0.3, 0.4) is 0 Å². The van der Waals surface area contributed by atoms with Gasteiger partial charge in [-0.3, -0.25) is 4.79 Å². The van der Waals surface area contributed by atoms with Gasteiger partial charge in [0, 0.05) is 13.2 Å². The number of hydrogen-bond donors (Lipinski definition) is 2. The van der Waals surface area contributed by atoms with Crippen molar-refractivity contribution in [3.8, 4) is 5.75 Å². The molecular formula is C15H22N2O3. The second-order valence-electron chi connectivity index (χ2n) is 5.00. The Hall–Kier alpha value is -1.75. The van der Waals surface area contributed by atoms with Gasteiger partial charge in [0.25, 0.3) is 5.91 Å². The Morgan fingerprint density at radius 3 is 2.90 bits per heavy atom. The van der Waals surface area contributed by atoms with E-state index < -0.39 is 0 Å². The van der Waals surface area contributed by atoms with Crippen LogP contribution >= 0.6 is 0 Å². The zero-order valence-electron chi connectivity index (χ0n) is 12.0. The minimum absolute atomic E-state index is 0.137. The van der Waals surface area contributed by atoms with Gasteiger partial charge in [0.1, 0.15) is 0 Å². The van der Waals surface area contributed by atoms with Gasteiger partial charge in [-0.2, -0.15) is 0 Å². The number of nitrogens with two attached hydrogens (primary N) is 1. The lowest BCUT2D eigenvalue weighted by Gasteiger charge is -2.16. The molecule has 0 saturated heterocycles. The monoisotopic (exact) mass is 278 g/mol. The van der Waals surface area contributed by atoms with Gasteiger partial charge in [-0.1, -0.05) is 6.07 Å². The molecule has 2 rings (SSSR count). The van der Waals surface area contributed by atoms with Gasteiger partial charge < -0.3 is 20.5 Å². The van der Waals surface area contributed by atoms with Crippen molar-refractivity contribution in [3.63, 3.8) is 0 Å². The molecule has 1 aliphatic rings. The number of anilines is 1. The summed E-state index contributed by atoms with van der Waals surface area (Å²) in [6.45, 7) is 2.35. The Balaban J connectivity index is 2.08. The van der Waals surface area contributed by atoms with Crippen LogP contribution in [0.2, 0.25) is 0 Å². The number of amides is 1. The molecule has 2 atom stereocenters. The van der Waals surface area contributed by atoms with Crippen LogP contribution in [-0.4, -0.2) is 31.8 Å². The molecule has 20 heavy (non-hydrogen) atoms. The Labute approximate surface area is 119 Å². The first kappa shape index (κ1) is 14.7. The third-order valence-corrected chi connectivity index (χ3v) is 3.63. The molecule has 1 aliphatic carbocycles. The van der Waals surface area contributed by atoms with Gasteiger partial charge in [-0.15, -0.1) is 0 Å². The molecule has 0 radical (unpaired) electrons. The van der Waals surface area contributed by atoms with E-state index in [1.54, 1.807) is 25.3 Å². The molecule has 0 spiro atoms. The average molecular weight is 278 g/mol. The first-order valence-corrected chi connectivity index (χ1v) is 7.00. The number of ether oxygens (including phenoxy) is 2. The summed E-state index contributed by atoms with van der Waals surface area (Å²) < 4.78 is 10.8. The Morgan fingerprint density at radius 2 is 2.25 bits per heavy atom. The molecule has 1 saturated carbocycles. The molecule has 1 aromatic carbocycles. The van der Waals surface area contributed by atoms with Gasteiger partial charge in [0.05, 0.1) is 24.0 Å². The van der Waals surface area contributed by atoms with Gasteiger partial charge in [0.15, 0.2) is 5.75 Å². The Bertz CT molecular complexity index is 476. The molecule has 0 bridgehead atoms. The predicted molar refractivity (Wildman–Crippen MR) is 77.9 cm³/mol. The van der Waals surface area contributed by atoms with Crippen molar-refractivity contribution in [3.05, 3.63) is 23.8 Å². The van der Waals surface area contributed by atoms with Crippen LogP contribution in [0.25, 0.3) is 0 Å². The van der Waals surface area contributed by atoms with Crippen molar-refractivity contribution in [2.24, 2.45) is 0 Å². The number of para-hydroxylation sites is 1. The first-order valence-electron chi connectivity index (χ1n) is 7.00. The van der Waals surface area contributed by atoms with E-state index in [2.05, 4.69) is 5.32 Å². The normalized spacial score (nSPS) is 21.7. The maximum atomic E-state index is 12.4. The fraction of sp³-hybridized carbons (Fsp3) is 0.533. The number of hydrogen-bond acceptors (Lipinski definition) is 4. The highest BCUT2D eigenvalue weighted by Crippen LogP contribution is 2.27. The van der Waals surface area contributed by atoms with Crippen molar-refractivity contribution >= 4 is 11.6 Å². The molecule has 5 nitrogen and oxygen atoms in total. The average Bonchev–Trinajstić information content (AvgIpc) is 2.88. The summed E-state index contributed by atoms with van der Waals surface area (Å²) in [6.07, 6.45) is 3.02. The van der Waals surface area contributed by atoms with Crippen molar-refractivity contribution in [1.29, 1.82) is 0 Å².